The molecule has 1 aliphatic rings. The molecule has 1 heterocycles. The van der Waals surface area contributed by atoms with E-state index >= 15 is 0 Å². The number of rotatable bonds is 4. The Hall–Kier alpha value is -0.770. The lowest BCUT2D eigenvalue weighted by molar-refractivity contribution is 0.0695. The van der Waals surface area contributed by atoms with Gasteiger partial charge in [0.05, 0.1) is 10.5 Å². The molecule has 1 aromatic carbocycles. The molecule has 1 saturated heterocycles. The van der Waals surface area contributed by atoms with Crippen molar-refractivity contribution in [2.45, 2.75) is 23.8 Å². The van der Waals surface area contributed by atoms with Crippen LogP contribution < -0.4 is 4.72 Å². The Morgan fingerprint density at radius 2 is 1.95 bits per heavy atom. The van der Waals surface area contributed by atoms with Crippen LogP contribution in [0.3, 0.4) is 0 Å². The molecule has 0 unspecified atom stereocenters. The highest BCUT2D eigenvalue weighted by Gasteiger charge is 2.25. The van der Waals surface area contributed by atoms with E-state index in [4.69, 9.17) is 5.11 Å². The lowest BCUT2D eigenvalue weighted by Crippen LogP contribution is -2.39. The van der Waals surface area contributed by atoms with Gasteiger partial charge < -0.3 is 5.11 Å². The van der Waals surface area contributed by atoms with E-state index in [-0.39, 0.29) is 16.5 Å². The summed E-state index contributed by atoms with van der Waals surface area (Å²) in [5, 5.41) is 9.03. The third-order valence-corrected chi connectivity index (χ3v) is 6.78. The summed E-state index contributed by atoms with van der Waals surface area (Å²) < 4.78 is 38.7. The molecule has 0 atom stereocenters. The van der Waals surface area contributed by atoms with Gasteiger partial charge in [0.2, 0.25) is 10.0 Å². The lowest BCUT2D eigenvalue weighted by atomic mass is 10.2. The molecule has 0 spiro atoms. The summed E-state index contributed by atoms with van der Waals surface area (Å²) >= 11 is 3.07. The minimum Gasteiger partial charge on any atom is -0.478 e. The molecular formula is C12H14BrNO5S2. The minimum absolute atomic E-state index is 0.0882. The Bertz CT molecular complexity index is 679. The van der Waals surface area contributed by atoms with Gasteiger partial charge in [-0.05, 0) is 47.0 Å². The third-order valence-electron chi connectivity index (χ3n) is 3.19. The quantitative estimate of drug-likeness (QED) is 0.800. The number of carboxylic acids is 1. The van der Waals surface area contributed by atoms with Crippen molar-refractivity contribution in [3.63, 3.8) is 0 Å². The molecule has 2 N–H and O–H groups in total. The summed E-state index contributed by atoms with van der Waals surface area (Å²) in [6.45, 7) is 0. The van der Waals surface area contributed by atoms with E-state index in [1.165, 1.54) is 12.1 Å². The molecule has 9 heteroatoms. The summed E-state index contributed by atoms with van der Waals surface area (Å²) in [6, 6.07) is 3.60. The number of benzene rings is 1. The van der Waals surface area contributed by atoms with Gasteiger partial charge in [0.25, 0.3) is 0 Å². The van der Waals surface area contributed by atoms with Gasteiger partial charge in [0.15, 0.2) is 0 Å². The fraction of sp³-hybridized carbons (Fsp3) is 0.417. The zero-order chi connectivity index (χ0) is 15.6. The maximum Gasteiger partial charge on any atom is 0.336 e. The van der Waals surface area contributed by atoms with Crippen molar-refractivity contribution in [1.29, 1.82) is 0 Å². The summed E-state index contributed by atoms with van der Waals surface area (Å²) in [5.41, 5.74) is -0.109. The molecule has 0 radical (unpaired) electrons. The highest BCUT2D eigenvalue weighted by atomic mass is 79.9. The molecule has 21 heavy (non-hydrogen) atoms. The van der Waals surface area contributed by atoms with Crippen LogP contribution in [-0.4, -0.2) is 41.3 Å². The molecule has 0 aliphatic carbocycles. The normalized spacial score (nSPS) is 22.9. The van der Waals surface area contributed by atoms with Gasteiger partial charge in [-0.3, -0.25) is 4.21 Å². The van der Waals surface area contributed by atoms with E-state index < -0.39 is 26.8 Å². The molecule has 6 nitrogen and oxygen atoms in total. The largest absolute Gasteiger partial charge is 0.478 e. The predicted molar refractivity (Wildman–Crippen MR) is 82.3 cm³/mol. The van der Waals surface area contributed by atoms with Crippen molar-refractivity contribution in [3.8, 4) is 0 Å². The second-order valence-corrected chi connectivity index (χ2v) is 8.95. The number of carbonyl (C=O) groups is 1. The predicted octanol–water partition coefficient (Wildman–Crippen LogP) is 1.34. The van der Waals surface area contributed by atoms with Gasteiger partial charge in [-0.25, -0.2) is 17.9 Å². The monoisotopic (exact) mass is 395 g/mol. The average molecular weight is 396 g/mol. The van der Waals surface area contributed by atoms with Crippen molar-refractivity contribution in [2.24, 2.45) is 0 Å². The first-order valence-corrected chi connectivity index (χ1v) is 9.96. The Morgan fingerprint density at radius 3 is 2.52 bits per heavy atom. The van der Waals surface area contributed by atoms with Crippen LogP contribution in [-0.2, 0) is 20.8 Å². The standard InChI is InChI=1S/C12H14BrNO5S2/c13-11-2-1-9(7-10(11)12(15)16)21(18,19)14-8-3-5-20(17)6-4-8/h1-2,7-8,14H,3-6H2,(H,15,16). The maximum atomic E-state index is 12.3. The minimum atomic E-state index is -3.78. The van der Waals surface area contributed by atoms with Crippen LogP contribution in [0.5, 0.6) is 0 Å². The second kappa shape index (κ2) is 6.55. The Balaban J connectivity index is 2.21. The Morgan fingerprint density at radius 1 is 1.33 bits per heavy atom. The molecule has 0 aromatic heterocycles. The van der Waals surface area contributed by atoms with Gasteiger partial charge in [-0.2, -0.15) is 0 Å². The van der Waals surface area contributed by atoms with Gasteiger partial charge in [0.1, 0.15) is 0 Å². The molecule has 0 amide bonds. The summed E-state index contributed by atoms with van der Waals surface area (Å²) in [5.74, 6) is -0.242. The number of carboxylic acid groups (broad SMARTS) is 1. The van der Waals surface area contributed by atoms with Gasteiger partial charge in [0, 0.05) is 32.8 Å². The first-order chi connectivity index (χ1) is 9.79. The molecule has 1 aromatic rings. The van der Waals surface area contributed by atoms with E-state index in [0.29, 0.717) is 28.8 Å². The van der Waals surface area contributed by atoms with Crippen LogP contribution in [0.25, 0.3) is 0 Å². The van der Waals surface area contributed by atoms with Crippen molar-refractivity contribution >= 4 is 42.7 Å². The fourth-order valence-electron chi connectivity index (χ4n) is 2.03. The van der Waals surface area contributed by atoms with Crippen molar-refractivity contribution < 1.29 is 22.5 Å². The Labute approximate surface area is 133 Å². The molecule has 2 rings (SSSR count). The number of hydrogen-bond donors (Lipinski definition) is 2. The highest BCUT2D eigenvalue weighted by molar-refractivity contribution is 9.10. The van der Waals surface area contributed by atoms with Crippen LogP contribution in [0.2, 0.25) is 0 Å². The van der Waals surface area contributed by atoms with Gasteiger partial charge in [-0.15, -0.1) is 0 Å². The summed E-state index contributed by atoms with van der Waals surface area (Å²) in [4.78, 5) is 11.0. The second-order valence-electron chi connectivity index (χ2n) is 4.69. The van der Waals surface area contributed by atoms with Crippen LogP contribution >= 0.6 is 15.9 Å². The van der Waals surface area contributed by atoms with Crippen molar-refractivity contribution in [2.75, 3.05) is 11.5 Å². The summed E-state index contributed by atoms with van der Waals surface area (Å²) in [6.07, 6.45) is 1.04. The molecule has 1 aliphatic heterocycles. The van der Waals surface area contributed by atoms with Crippen LogP contribution in [0.4, 0.5) is 0 Å². The fourth-order valence-corrected chi connectivity index (χ4v) is 5.08. The number of sulfonamides is 1. The van der Waals surface area contributed by atoms with Crippen LogP contribution in [0, 0.1) is 0 Å². The smallest absolute Gasteiger partial charge is 0.336 e. The molecule has 1 fully saturated rings. The number of hydrogen-bond acceptors (Lipinski definition) is 4. The van der Waals surface area contributed by atoms with E-state index in [2.05, 4.69) is 20.7 Å². The SMILES string of the molecule is O=C(O)c1cc(S(=O)(=O)NC2CCS(=O)CC2)ccc1Br. The van der Waals surface area contributed by atoms with Crippen LogP contribution in [0.15, 0.2) is 27.6 Å². The highest BCUT2D eigenvalue weighted by Crippen LogP contribution is 2.22. The van der Waals surface area contributed by atoms with Gasteiger partial charge >= 0.3 is 5.97 Å². The maximum absolute atomic E-state index is 12.3. The molecule has 0 saturated carbocycles. The van der Waals surface area contributed by atoms with Crippen LogP contribution in [0.1, 0.15) is 23.2 Å². The van der Waals surface area contributed by atoms with E-state index in [0.717, 1.165) is 6.07 Å². The van der Waals surface area contributed by atoms with E-state index in [1.54, 1.807) is 0 Å². The number of halogens is 1. The Kier molecular flexibility index (Phi) is 5.18. The first kappa shape index (κ1) is 16.6. The molecular weight excluding hydrogens is 382 g/mol. The lowest BCUT2D eigenvalue weighted by Gasteiger charge is -2.22. The van der Waals surface area contributed by atoms with Crippen molar-refractivity contribution in [1.82, 2.24) is 4.72 Å². The summed E-state index contributed by atoms with van der Waals surface area (Å²) in [7, 11) is -4.65. The van der Waals surface area contributed by atoms with Gasteiger partial charge in [-0.1, -0.05) is 0 Å². The topological polar surface area (TPSA) is 101 Å². The van der Waals surface area contributed by atoms with E-state index in [9.17, 15) is 17.4 Å². The zero-order valence-corrected chi connectivity index (χ0v) is 14.1. The third kappa shape index (κ3) is 4.12. The average Bonchev–Trinajstić information content (AvgIpc) is 2.41. The molecule has 0 bridgehead atoms. The number of aromatic carboxylic acids is 1. The zero-order valence-electron chi connectivity index (χ0n) is 10.9. The molecule has 116 valence electrons. The first-order valence-electron chi connectivity index (χ1n) is 6.20. The van der Waals surface area contributed by atoms with Crippen molar-refractivity contribution in [3.05, 3.63) is 28.2 Å². The van der Waals surface area contributed by atoms with E-state index in [1.807, 2.05) is 0 Å². The number of nitrogens with one attached hydrogen (secondary N) is 1.